The molecule has 4 amide bonds. The highest BCUT2D eigenvalue weighted by atomic mass is 19.1. The number of hydrogen-bond acceptors (Lipinski definition) is 9. The fraction of sp³-hybridized carbons (Fsp3) is 0.725. The van der Waals surface area contributed by atoms with Crippen molar-refractivity contribution in [2.24, 2.45) is 23.7 Å². The lowest BCUT2D eigenvalue weighted by Crippen LogP contribution is -2.59. The number of benzene rings is 1. The Kier molecular flexibility index (Phi) is 18.7. The maximum atomic E-state index is 14.3. The molecule has 14 heteroatoms. The molecule has 1 aliphatic heterocycles. The first-order valence-corrected chi connectivity index (χ1v) is 19.1. The summed E-state index contributed by atoms with van der Waals surface area (Å²) in [4.78, 5) is 71.5. The van der Waals surface area contributed by atoms with Crippen molar-refractivity contribution in [1.82, 2.24) is 25.8 Å². The van der Waals surface area contributed by atoms with Crippen molar-refractivity contribution in [2.45, 2.75) is 123 Å². The number of nitrogens with one attached hydrogen (secondary N) is 3. The number of methoxy groups -OCH3 is 3. The lowest BCUT2D eigenvalue weighted by atomic mass is 9.89. The zero-order chi connectivity index (χ0) is 41.0. The minimum absolute atomic E-state index is 0.00941. The molecule has 0 bridgehead atoms. The molecule has 3 N–H and O–H groups in total. The maximum Gasteiger partial charge on any atom is 0.245 e. The van der Waals surface area contributed by atoms with Gasteiger partial charge in [0.2, 0.25) is 23.6 Å². The van der Waals surface area contributed by atoms with Gasteiger partial charge in [0, 0.05) is 40.5 Å². The molecule has 54 heavy (non-hydrogen) atoms. The van der Waals surface area contributed by atoms with E-state index in [1.165, 1.54) is 38.5 Å². The number of likely N-dealkylation sites (tertiary alicyclic amines) is 1. The molecule has 0 radical (unpaired) electrons. The van der Waals surface area contributed by atoms with Crippen LogP contribution in [0.15, 0.2) is 24.3 Å². The molecule has 13 nitrogen and oxygen atoms in total. The van der Waals surface area contributed by atoms with Crippen LogP contribution in [0.5, 0.6) is 0 Å². The van der Waals surface area contributed by atoms with Crippen LogP contribution in [0.4, 0.5) is 4.39 Å². The predicted molar refractivity (Wildman–Crippen MR) is 205 cm³/mol. The molecule has 0 aliphatic carbocycles. The summed E-state index contributed by atoms with van der Waals surface area (Å²) >= 11 is 0. The first-order valence-electron chi connectivity index (χ1n) is 19.1. The Morgan fingerprint density at radius 1 is 0.889 bits per heavy atom. The molecule has 306 valence electrons. The van der Waals surface area contributed by atoms with Crippen molar-refractivity contribution in [3.05, 3.63) is 35.6 Å². The number of halogens is 1. The first-order chi connectivity index (χ1) is 25.4. The van der Waals surface area contributed by atoms with E-state index in [1.807, 2.05) is 41.5 Å². The van der Waals surface area contributed by atoms with Gasteiger partial charge in [-0.1, -0.05) is 54.9 Å². The quantitative estimate of drug-likeness (QED) is 0.160. The summed E-state index contributed by atoms with van der Waals surface area (Å²) in [7, 11) is 7.97. The van der Waals surface area contributed by atoms with Crippen LogP contribution in [0.2, 0.25) is 0 Å². The molecule has 1 saturated heterocycles. The van der Waals surface area contributed by atoms with E-state index in [1.54, 1.807) is 44.9 Å². The van der Waals surface area contributed by atoms with Crippen molar-refractivity contribution in [1.29, 1.82) is 0 Å². The molecule has 0 spiro atoms. The van der Waals surface area contributed by atoms with E-state index < -0.39 is 60.1 Å². The van der Waals surface area contributed by atoms with E-state index >= 15 is 0 Å². The second-order valence-electron chi connectivity index (χ2n) is 15.3. The van der Waals surface area contributed by atoms with E-state index in [2.05, 4.69) is 16.0 Å². The molecule has 1 aromatic carbocycles. The minimum Gasteiger partial charge on any atom is -0.380 e. The zero-order valence-corrected chi connectivity index (χ0v) is 34.6. The van der Waals surface area contributed by atoms with Crippen molar-refractivity contribution < 1.29 is 42.6 Å². The van der Waals surface area contributed by atoms with Crippen molar-refractivity contribution in [3.63, 3.8) is 0 Å². The van der Waals surface area contributed by atoms with Gasteiger partial charge in [0.25, 0.3) is 0 Å². The number of likely N-dealkylation sites (N-methyl/N-ethyl adjacent to an activating group) is 2. The van der Waals surface area contributed by atoms with Crippen LogP contribution in [0.1, 0.15) is 85.0 Å². The van der Waals surface area contributed by atoms with Gasteiger partial charge >= 0.3 is 0 Å². The molecule has 1 fully saturated rings. The fourth-order valence-corrected chi connectivity index (χ4v) is 7.48. The number of ketones is 1. The molecule has 0 aromatic heterocycles. The SMILES string of the molecule is CC[C@H](C)[C@@H]([C@@H](CC(=O)N1C[C@H](OC)C[C@H]1[C@H](OC)[C@@H](C)C(=O)N[C@@H](C)C(=O)c1ccc(F)cc1)OC)N(C)C(=O)[C@@H](NC(=O)[C@@H](NC)C(C)C)C(C)C. The topological polar surface area (TPSA) is 156 Å². The van der Waals surface area contributed by atoms with Crippen LogP contribution in [-0.4, -0.2) is 130 Å². The van der Waals surface area contributed by atoms with Gasteiger partial charge in [-0.05, 0) is 62.4 Å². The second-order valence-corrected chi connectivity index (χ2v) is 15.3. The smallest absolute Gasteiger partial charge is 0.245 e. The number of carbonyl (C=O) groups excluding carboxylic acids is 5. The number of hydrogen-bond donors (Lipinski definition) is 3. The van der Waals surface area contributed by atoms with Crippen LogP contribution in [-0.2, 0) is 33.4 Å². The highest BCUT2D eigenvalue weighted by Gasteiger charge is 2.46. The summed E-state index contributed by atoms with van der Waals surface area (Å²) in [5, 5.41) is 8.76. The monoisotopic (exact) mass is 763 g/mol. The van der Waals surface area contributed by atoms with E-state index in [0.717, 1.165) is 0 Å². The Morgan fingerprint density at radius 2 is 1.48 bits per heavy atom. The number of carbonyl (C=O) groups is 5. The number of rotatable bonds is 21. The van der Waals surface area contributed by atoms with Crippen molar-refractivity contribution >= 4 is 29.4 Å². The van der Waals surface area contributed by atoms with Gasteiger partial charge in [-0.15, -0.1) is 0 Å². The number of Topliss-reactive ketones (excluding diaryl/α,β-unsaturated/α-hetero) is 1. The van der Waals surface area contributed by atoms with Crippen LogP contribution >= 0.6 is 0 Å². The van der Waals surface area contributed by atoms with Gasteiger partial charge in [-0.25, -0.2) is 4.39 Å². The summed E-state index contributed by atoms with van der Waals surface area (Å²) in [5.41, 5.74) is 0.268. The Labute approximate surface area is 321 Å². The molecule has 10 atom stereocenters. The van der Waals surface area contributed by atoms with Crippen LogP contribution < -0.4 is 16.0 Å². The number of nitrogens with zero attached hydrogens (tertiary/aromatic N) is 2. The highest BCUT2D eigenvalue weighted by Crippen LogP contribution is 2.31. The normalized spacial score (nSPS) is 20.4. The summed E-state index contributed by atoms with van der Waals surface area (Å²) in [6.45, 7) is 15.2. The third-order valence-electron chi connectivity index (χ3n) is 11.0. The van der Waals surface area contributed by atoms with E-state index in [9.17, 15) is 28.4 Å². The summed E-state index contributed by atoms with van der Waals surface area (Å²) < 4.78 is 31.0. The summed E-state index contributed by atoms with van der Waals surface area (Å²) in [6.07, 6.45) is -0.725. The molecule has 0 saturated carbocycles. The predicted octanol–water partition coefficient (Wildman–Crippen LogP) is 3.44. The molecule has 1 aromatic rings. The van der Waals surface area contributed by atoms with E-state index in [4.69, 9.17) is 14.2 Å². The largest absolute Gasteiger partial charge is 0.380 e. The third kappa shape index (κ3) is 11.8. The molecule has 1 aliphatic rings. The van der Waals surface area contributed by atoms with Gasteiger partial charge in [0.05, 0.1) is 54.8 Å². The van der Waals surface area contributed by atoms with Gasteiger partial charge in [0.15, 0.2) is 5.78 Å². The summed E-state index contributed by atoms with van der Waals surface area (Å²) in [5.74, 6) is -3.11. The van der Waals surface area contributed by atoms with Gasteiger partial charge in [0.1, 0.15) is 11.9 Å². The van der Waals surface area contributed by atoms with Gasteiger partial charge < -0.3 is 40.0 Å². The standard InChI is InChI=1S/C40H66FN5O8/c1-14-24(6)35(45(10)40(51)34(23(4)5)44-39(50)33(42-9)22(2)3)31(53-12)20-32(47)46-21-29(52-11)19-30(46)37(54-13)25(7)38(49)43-26(8)36(48)27-15-17-28(41)18-16-27/h15-18,22-26,29-31,33-35,37,42H,14,19-21H2,1-13H3,(H,43,49)(H,44,50)/t24-,25+,26-,29+,30-,31+,33-,34-,35-,37+/m0/s1. The number of amides is 4. The average molecular weight is 764 g/mol. The minimum atomic E-state index is -0.890. The Hall–Kier alpha value is -3.46. The highest BCUT2D eigenvalue weighted by molar-refractivity contribution is 6.01. The molecule has 0 unspecified atom stereocenters. The number of ether oxygens (including phenoxy) is 3. The second kappa shape index (κ2) is 21.6. The first kappa shape index (κ1) is 46.7. The van der Waals surface area contributed by atoms with E-state index in [0.29, 0.717) is 12.8 Å². The van der Waals surface area contributed by atoms with Gasteiger partial charge in [-0.2, -0.15) is 0 Å². The third-order valence-corrected chi connectivity index (χ3v) is 11.0. The maximum absolute atomic E-state index is 14.3. The van der Waals surface area contributed by atoms with Crippen LogP contribution in [0.3, 0.4) is 0 Å². The zero-order valence-electron chi connectivity index (χ0n) is 34.6. The molecular formula is C40H66FN5O8. The lowest BCUT2D eigenvalue weighted by molar-refractivity contribution is -0.148. The van der Waals surface area contributed by atoms with Crippen LogP contribution in [0.25, 0.3) is 0 Å². The molecule has 1 heterocycles. The fourth-order valence-electron chi connectivity index (χ4n) is 7.48. The Bertz CT molecular complexity index is 1390. The lowest BCUT2D eigenvalue weighted by Gasteiger charge is -2.41. The van der Waals surface area contributed by atoms with Crippen molar-refractivity contribution in [3.8, 4) is 0 Å². The average Bonchev–Trinajstić information content (AvgIpc) is 3.57. The Balaban J connectivity index is 2.32. The van der Waals surface area contributed by atoms with Crippen molar-refractivity contribution in [2.75, 3.05) is 42.0 Å². The summed E-state index contributed by atoms with van der Waals surface area (Å²) in [6, 6.07) is 1.90. The molecular weight excluding hydrogens is 697 g/mol. The van der Waals surface area contributed by atoms with E-state index in [-0.39, 0.29) is 65.9 Å². The van der Waals surface area contributed by atoms with Crippen LogP contribution in [0, 0.1) is 29.5 Å². The Morgan fingerprint density at radius 3 is 1.96 bits per heavy atom. The molecule has 2 rings (SSSR count). The van der Waals surface area contributed by atoms with Gasteiger partial charge in [-0.3, -0.25) is 24.0 Å².